The van der Waals surface area contributed by atoms with E-state index in [4.69, 9.17) is 14.2 Å². The Morgan fingerprint density at radius 1 is 0.915 bits per heavy atom. The predicted octanol–water partition coefficient (Wildman–Crippen LogP) is 6.10. The fraction of sp³-hybridized carbons (Fsp3) is 0.583. The first-order valence-corrected chi connectivity index (χ1v) is 17.5. The van der Waals surface area contributed by atoms with E-state index in [0.29, 0.717) is 45.0 Å². The molecule has 3 fully saturated rings. The Kier molecular flexibility index (Phi) is 10.6. The molecule has 5 rings (SSSR count). The smallest absolute Gasteiger partial charge is 0.410 e. The molecule has 1 aliphatic carbocycles. The van der Waals surface area contributed by atoms with Crippen LogP contribution in [0, 0.1) is 5.92 Å². The van der Waals surface area contributed by atoms with Gasteiger partial charge in [-0.25, -0.2) is 4.79 Å². The summed E-state index contributed by atoms with van der Waals surface area (Å²) < 4.78 is 18.4. The van der Waals surface area contributed by atoms with Gasteiger partial charge < -0.3 is 33.8 Å². The van der Waals surface area contributed by atoms with Gasteiger partial charge in [0.15, 0.2) is 5.60 Å². The van der Waals surface area contributed by atoms with Crippen LogP contribution in [0.15, 0.2) is 46.9 Å². The van der Waals surface area contributed by atoms with Gasteiger partial charge in [0.25, 0.3) is 5.91 Å². The Bertz CT molecular complexity index is 1450. The van der Waals surface area contributed by atoms with Crippen molar-refractivity contribution in [2.75, 3.05) is 51.3 Å². The van der Waals surface area contributed by atoms with Gasteiger partial charge in [-0.15, -0.1) is 0 Å². The normalized spacial score (nSPS) is 18.9. The van der Waals surface area contributed by atoms with E-state index in [1.165, 1.54) is 0 Å². The standard InChI is InChI=1S/C36H49BrN4O6/c1-35(2,3)47-34(44)39-19-17-38(18-20-39)33(43)36(4,5)46-30-11-7-10-29(22-30)40-16-8-9-26(23-40)32(42)41(28-14-15-28)24-25-12-13-27(37)21-31(25)45-6/h7,10-13,21-22,26,28H,8-9,14-20,23-24H2,1-6H3/t26-/m1/s1. The van der Waals surface area contributed by atoms with Crippen LogP contribution in [-0.2, 0) is 20.9 Å². The van der Waals surface area contributed by atoms with E-state index in [1.807, 2.05) is 63.2 Å². The molecule has 47 heavy (non-hydrogen) atoms. The minimum atomic E-state index is -1.11. The summed E-state index contributed by atoms with van der Waals surface area (Å²) in [5, 5.41) is 0. The topological polar surface area (TPSA) is 91.9 Å². The second-order valence-electron chi connectivity index (χ2n) is 14.3. The Morgan fingerprint density at radius 3 is 2.28 bits per heavy atom. The van der Waals surface area contributed by atoms with E-state index in [-0.39, 0.29) is 29.9 Å². The Hall–Kier alpha value is -3.47. The second kappa shape index (κ2) is 14.3. The van der Waals surface area contributed by atoms with Gasteiger partial charge in [-0.1, -0.05) is 28.1 Å². The molecule has 11 heteroatoms. The van der Waals surface area contributed by atoms with E-state index in [2.05, 4.69) is 25.7 Å². The van der Waals surface area contributed by atoms with Gasteiger partial charge in [-0.05, 0) is 84.6 Å². The molecular formula is C36H49BrN4O6. The lowest BCUT2D eigenvalue weighted by Crippen LogP contribution is -2.57. The van der Waals surface area contributed by atoms with Crippen LogP contribution in [0.3, 0.4) is 0 Å². The lowest BCUT2D eigenvalue weighted by atomic mass is 9.95. The molecule has 2 saturated heterocycles. The Balaban J connectivity index is 1.20. The number of carbonyl (C=O) groups is 3. The average molecular weight is 714 g/mol. The number of halogens is 1. The molecule has 0 bridgehead atoms. The zero-order valence-corrected chi connectivity index (χ0v) is 30.2. The molecule has 3 aliphatic rings. The van der Waals surface area contributed by atoms with E-state index in [9.17, 15) is 14.4 Å². The van der Waals surface area contributed by atoms with Gasteiger partial charge in [-0.2, -0.15) is 0 Å². The largest absolute Gasteiger partial charge is 0.496 e. The van der Waals surface area contributed by atoms with Crippen LogP contribution in [0.4, 0.5) is 10.5 Å². The van der Waals surface area contributed by atoms with E-state index in [1.54, 1.807) is 30.8 Å². The number of nitrogens with zero attached hydrogens (tertiary/aromatic N) is 4. The zero-order chi connectivity index (χ0) is 33.9. The van der Waals surface area contributed by atoms with Crippen molar-refractivity contribution < 1.29 is 28.6 Å². The summed E-state index contributed by atoms with van der Waals surface area (Å²) in [7, 11) is 1.66. The third kappa shape index (κ3) is 8.91. The van der Waals surface area contributed by atoms with Gasteiger partial charge in [0.1, 0.15) is 17.1 Å². The summed E-state index contributed by atoms with van der Waals surface area (Å²) in [5.74, 6) is 1.35. The summed E-state index contributed by atoms with van der Waals surface area (Å²) >= 11 is 3.52. The van der Waals surface area contributed by atoms with Crippen molar-refractivity contribution in [3.63, 3.8) is 0 Å². The maximum Gasteiger partial charge on any atom is 0.410 e. The molecule has 0 N–H and O–H groups in total. The zero-order valence-electron chi connectivity index (χ0n) is 28.6. The highest BCUT2D eigenvalue weighted by Crippen LogP contribution is 2.35. The van der Waals surface area contributed by atoms with Gasteiger partial charge in [0.05, 0.1) is 13.0 Å². The number of methoxy groups -OCH3 is 1. The first-order valence-electron chi connectivity index (χ1n) is 16.7. The number of benzene rings is 2. The number of anilines is 1. The SMILES string of the molecule is COc1cc(Br)ccc1CN(C(=O)[C@@H]1CCCN(c2cccc(OC(C)(C)C(=O)N3CCN(C(=O)OC(C)(C)C)CC3)c2)C1)C1CC1. The molecule has 2 aliphatic heterocycles. The van der Waals surface area contributed by atoms with Crippen LogP contribution in [0.1, 0.15) is 65.9 Å². The molecule has 2 aromatic rings. The van der Waals surface area contributed by atoms with E-state index in [0.717, 1.165) is 53.7 Å². The minimum Gasteiger partial charge on any atom is -0.496 e. The summed E-state index contributed by atoms with van der Waals surface area (Å²) in [5.41, 5.74) is 0.314. The summed E-state index contributed by atoms with van der Waals surface area (Å²) in [6, 6.07) is 14.1. The molecule has 2 heterocycles. The lowest BCUT2D eigenvalue weighted by Gasteiger charge is -2.39. The van der Waals surface area contributed by atoms with Crippen LogP contribution in [0.25, 0.3) is 0 Å². The molecule has 256 valence electrons. The number of rotatable bonds is 9. The predicted molar refractivity (Wildman–Crippen MR) is 185 cm³/mol. The third-order valence-electron chi connectivity index (χ3n) is 8.92. The number of hydrogen-bond donors (Lipinski definition) is 0. The van der Waals surface area contributed by atoms with Crippen LogP contribution in [0.2, 0.25) is 0 Å². The van der Waals surface area contributed by atoms with Crippen LogP contribution in [0.5, 0.6) is 11.5 Å². The molecular weight excluding hydrogens is 664 g/mol. The van der Waals surface area contributed by atoms with E-state index >= 15 is 0 Å². The molecule has 1 saturated carbocycles. The first kappa shape index (κ1) is 34.9. The average Bonchev–Trinajstić information content (AvgIpc) is 3.88. The van der Waals surface area contributed by atoms with Crippen LogP contribution in [-0.4, -0.2) is 96.2 Å². The number of hydrogen-bond acceptors (Lipinski definition) is 7. The van der Waals surface area contributed by atoms with Crippen molar-refractivity contribution in [3.8, 4) is 11.5 Å². The molecule has 10 nitrogen and oxygen atoms in total. The van der Waals surface area contributed by atoms with E-state index < -0.39 is 11.2 Å². The van der Waals surface area contributed by atoms with Crippen molar-refractivity contribution in [2.24, 2.45) is 5.92 Å². The molecule has 3 amide bonds. The number of piperidine rings is 1. The van der Waals surface area contributed by atoms with Crippen molar-refractivity contribution in [3.05, 3.63) is 52.5 Å². The van der Waals surface area contributed by atoms with Crippen molar-refractivity contribution in [1.29, 1.82) is 0 Å². The highest BCUT2D eigenvalue weighted by molar-refractivity contribution is 9.10. The highest BCUT2D eigenvalue weighted by atomic mass is 79.9. The maximum absolute atomic E-state index is 14.0. The molecule has 0 aromatic heterocycles. The molecule has 0 spiro atoms. The number of amides is 3. The Morgan fingerprint density at radius 2 is 1.62 bits per heavy atom. The van der Waals surface area contributed by atoms with Crippen LogP contribution < -0.4 is 14.4 Å². The molecule has 0 unspecified atom stereocenters. The fourth-order valence-electron chi connectivity index (χ4n) is 6.33. The van der Waals surface area contributed by atoms with Crippen molar-refractivity contribution in [2.45, 2.75) is 84.1 Å². The van der Waals surface area contributed by atoms with Gasteiger partial charge >= 0.3 is 6.09 Å². The maximum atomic E-state index is 14.0. The van der Waals surface area contributed by atoms with Gasteiger partial charge in [0, 0.05) is 73.6 Å². The number of carbonyl (C=O) groups excluding carboxylic acids is 3. The molecule has 1 atom stereocenters. The molecule has 0 radical (unpaired) electrons. The second-order valence-corrected chi connectivity index (χ2v) is 15.2. The van der Waals surface area contributed by atoms with Gasteiger partial charge in [-0.3, -0.25) is 9.59 Å². The quantitative estimate of drug-likeness (QED) is 0.310. The first-order chi connectivity index (χ1) is 22.2. The third-order valence-corrected chi connectivity index (χ3v) is 9.41. The van der Waals surface area contributed by atoms with Crippen molar-refractivity contribution in [1.82, 2.24) is 14.7 Å². The fourth-order valence-corrected chi connectivity index (χ4v) is 6.67. The number of ether oxygens (including phenoxy) is 3. The summed E-state index contributed by atoms with van der Waals surface area (Å²) in [4.78, 5) is 47.7. The van der Waals surface area contributed by atoms with Crippen LogP contribution >= 0.6 is 15.9 Å². The summed E-state index contributed by atoms with van der Waals surface area (Å²) in [6.07, 6.45) is 3.49. The lowest BCUT2D eigenvalue weighted by molar-refractivity contribution is -0.147. The summed E-state index contributed by atoms with van der Waals surface area (Å²) in [6.45, 7) is 12.8. The highest BCUT2D eigenvalue weighted by Gasteiger charge is 2.39. The minimum absolute atomic E-state index is 0.104. The monoisotopic (exact) mass is 712 g/mol. The Labute approximate surface area is 287 Å². The molecule has 2 aromatic carbocycles. The van der Waals surface area contributed by atoms with Crippen molar-refractivity contribution >= 4 is 39.5 Å². The van der Waals surface area contributed by atoms with Gasteiger partial charge in [0.2, 0.25) is 5.91 Å². The number of piperazine rings is 1.